The SMILES string of the molecule is NC1=NC(c2cccc(Br)c2)(C2CCC2)C2=NCCCN12. The zero-order valence-electron chi connectivity index (χ0n) is 11.9. The minimum absolute atomic E-state index is 0.355. The number of hydrogen-bond acceptors (Lipinski definition) is 4. The average molecular weight is 347 g/mol. The lowest BCUT2D eigenvalue weighted by atomic mass is 9.67. The van der Waals surface area contributed by atoms with Gasteiger partial charge in [0.05, 0.1) is 0 Å². The first-order valence-corrected chi connectivity index (χ1v) is 8.45. The van der Waals surface area contributed by atoms with Crippen molar-refractivity contribution in [1.29, 1.82) is 0 Å². The summed E-state index contributed by atoms with van der Waals surface area (Å²) in [5.41, 5.74) is 7.10. The number of guanidine groups is 1. The number of fused-ring (bicyclic) bond motifs is 1. The highest BCUT2D eigenvalue weighted by Crippen LogP contribution is 2.49. The van der Waals surface area contributed by atoms with Crippen LogP contribution >= 0.6 is 15.9 Å². The predicted octanol–water partition coefficient (Wildman–Crippen LogP) is 2.88. The van der Waals surface area contributed by atoms with Gasteiger partial charge in [-0.15, -0.1) is 0 Å². The Bertz CT molecular complexity index is 635. The van der Waals surface area contributed by atoms with Crippen LogP contribution in [-0.2, 0) is 5.54 Å². The van der Waals surface area contributed by atoms with Crippen LogP contribution in [0.5, 0.6) is 0 Å². The van der Waals surface area contributed by atoms with Crippen molar-refractivity contribution in [3.05, 3.63) is 34.3 Å². The molecule has 2 aliphatic heterocycles. The summed E-state index contributed by atoms with van der Waals surface area (Å²) >= 11 is 3.59. The number of halogens is 1. The molecule has 0 amide bonds. The van der Waals surface area contributed by atoms with Crippen molar-refractivity contribution >= 4 is 27.7 Å². The van der Waals surface area contributed by atoms with Crippen LogP contribution < -0.4 is 5.73 Å². The van der Waals surface area contributed by atoms with Crippen LogP contribution in [0.3, 0.4) is 0 Å². The van der Waals surface area contributed by atoms with E-state index in [9.17, 15) is 0 Å². The van der Waals surface area contributed by atoms with Gasteiger partial charge in [-0.05, 0) is 42.9 Å². The van der Waals surface area contributed by atoms with Crippen molar-refractivity contribution < 1.29 is 0 Å². The van der Waals surface area contributed by atoms with E-state index < -0.39 is 0 Å². The smallest absolute Gasteiger partial charge is 0.198 e. The summed E-state index contributed by atoms with van der Waals surface area (Å²) in [6.07, 6.45) is 4.74. The van der Waals surface area contributed by atoms with E-state index in [0.29, 0.717) is 11.9 Å². The van der Waals surface area contributed by atoms with Gasteiger partial charge in [0.25, 0.3) is 0 Å². The van der Waals surface area contributed by atoms with Crippen molar-refractivity contribution in [1.82, 2.24) is 4.90 Å². The van der Waals surface area contributed by atoms with Crippen LogP contribution in [0.25, 0.3) is 0 Å². The molecular weight excluding hydrogens is 328 g/mol. The predicted molar refractivity (Wildman–Crippen MR) is 88.4 cm³/mol. The molecule has 21 heavy (non-hydrogen) atoms. The third-order valence-electron chi connectivity index (χ3n) is 4.93. The maximum atomic E-state index is 6.24. The Kier molecular flexibility index (Phi) is 3.06. The van der Waals surface area contributed by atoms with Gasteiger partial charge in [-0.1, -0.05) is 34.5 Å². The van der Waals surface area contributed by atoms with E-state index in [-0.39, 0.29) is 5.54 Å². The number of nitrogens with two attached hydrogens (primary N) is 1. The molecule has 2 N–H and O–H groups in total. The van der Waals surface area contributed by atoms with E-state index >= 15 is 0 Å². The Morgan fingerprint density at radius 3 is 2.86 bits per heavy atom. The van der Waals surface area contributed by atoms with E-state index in [1.807, 2.05) is 0 Å². The quantitative estimate of drug-likeness (QED) is 0.894. The Morgan fingerprint density at radius 1 is 1.29 bits per heavy atom. The second kappa shape index (κ2) is 4.83. The number of benzene rings is 1. The standard InChI is InChI=1S/C16H19BrN4/c17-13-7-2-6-12(10-13)16(11-4-1-5-11)14-19-8-3-9-21(14)15(18)20-16/h2,6-7,10-11H,1,3-5,8-9H2,(H2,18,20). The molecule has 0 bridgehead atoms. The molecule has 1 aromatic rings. The largest absolute Gasteiger partial charge is 0.369 e. The van der Waals surface area contributed by atoms with E-state index in [0.717, 1.165) is 29.8 Å². The second-order valence-corrected chi connectivity index (χ2v) is 7.00. The van der Waals surface area contributed by atoms with Crippen LogP contribution in [0, 0.1) is 5.92 Å². The Morgan fingerprint density at radius 2 is 2.14 bits per heavy atom. The Balaban J connectivity index is 1.91. The molecule has 1 atom stereocenters. The molecule has 2 heterocycles. The van der Waals surface area contributed by atoms with Crippen LogP contribution in [0.4, 0.5) is 0 Å². The summed E-state index contributed by atoms with van der Waals surface area (Å²) in [6, 6.07) is 8.48. The third-order valence-corrected chi connectivity index (χ3v) is 5.42. The van der Waals surface area contributed by atoms with Crippen molar-refractivity contribution in [2.75, 3.05) is 13.1 Å². The zero-order chi connectivity index (χ0) is 14.4. The summed E-state index contributed by atoms with van der Waals surface area (Å²) in [7, 11) is 0. The molecule has 1 saturated carbocycles. The van der Waals surface area contributed by atoms with Gasteiger partial charge < -0.3 is 5.73 Å². The molecule has 1 aliphatic carbocycles. The Hall–Kier alpha value is -1.36. The number of amidine groups is 1. The number of hydrogen-bond donors (Lipinski definition) is 1. The molecule has 1 fully saturated rings. The fraction of sp³-hybridized carbons (Fsp3) is 0.500. The fourth-order valence-electron chi connectivity index (χ4n) is 3.70. The van der Waals surface area contributed by atoms with Crippen LogP contribution in [-0.4, -0.2) is 29.8 Å². The van der Waals surface area contributed by atoms with E-state index in [4.69, 9.17) is 15.7 Å². The lowest BCUT2D eigenvalue weighted by Gasteiger charge is -2.42. The molecule has 0 spiro atoms. The first-order valence-electron chi connectivity index (χ1n) is 7.65. The summed E-state index contributed by atoms with van der Waals surface area (Å²) in [5, 5.41) is 0. The highest BCUT2D eigenvalue weighted by Gasteiger charge is 2.54. The average Bonchev–Trinajstić information content (AvgIpc) is 2.72. The molecule has 0 radical (unpaired) electrons. The van der Waals surface area contributed by atoms with Gasteiger partial charge in [-0.25, -0.2) is 4.99 Å². The van der Waals surface area contributed by atoms with Crippen LogP contribution in [0.2, 0.25) is 0 Å². The molecule has 110 valence electrons. The minimum Gasteiger partial charge on any atom is -0.369 e. The van der Waals surface area contributed by atoms with Gasteiger partial charge in [-0.2, -0.15) is 0 Å². The summed E-state index contributed by atoms with van der Waals surface area (Å²) in [6.45, 7) is 1.83. The van der Waals surface area contributed by atoms with Gasteiger partial charge >= 0.3 is 0 Å². The molecule has 1 aromatic carbocycles. The van der Waals surface area contributed by atoms with Gasteiger partial charge in [0, 0.05) is 17.6 Å². The lowest BCUT2D eigenvalue weighted by Crippen LogP contribution is -2.50. The van der Waals surface area contributed by atoms with Crippen LogP contribution in [0.1, 0.15) is 31.2 Å². The van der Waals surface area contributed by atoms with E-state index in [2.05, 4.69) is 45.1 Å². The lowest BCUT2D eigenvalue weighted by molar-refractivity contribution is 0.221. The molecule has 5 heteroatoms. The number of nitrogens with zero attached hydrogens (tertiary/aromatic N) is 3. The summed E-state index contributed by atoms with van der Waals surface area (Å²) in [4.78, 5) is 11.9. The van der Waals surface area contributed by atoms with Crippen molar-refractivity contribution in [2.45, 2.75) is 31.2 Å². The van der Waals surface area contributed by atoms with Crippen molar-refractivity contribution in [3.8, 4) is 0 Å². The molecule has 0 saturated heterocycles. The first-order chi connectivity index (χ1) is 10.2. The molecular formula is C16H19BrN4. The van der Waals surface area contributed by atoms with Crippen LogP contribution in [0.15, 0.2) is 38.7 Å². The van der Waals surface area contributed by atoms with Crippen molar-refractivity contribution in [3.63, 3.8) is 0 Å². The molecule has 4 rings (SSSR count). The first kappa shape index (κ1) is 13.3. The monoisotopic (exact) mass is 346 g/mol. The van der Waals surface area contributed by atoms with Gasteiger partial charge in [0.1, 0.15) is 11.4 Å². The molecule has 4 nitrogen and oxygen atoms in total. The third kappa shape index (κ3) is 1.86. The van der Waals surface area contributed by atoms with E-state index in [1.165, 1.54) is 24.8 Å². The maximum absolute atomic E-state index is 6.24. The van der Waals surface area contributed by atoms with Gasteiger partial charge in [0.2, 0.25) is 0 Å². The second-order valence-electron chi connectivity index (χ2n) is 6.09. The topological polar surface area (TPSA) is 54.0 Å². The Labute approximate surface area is 133 Å². The van der Waals surface area contributed by atoms with Crippen molar-refractivity contribution in [2.24, 2.45) is 21.6 Å². The summed E-state index contributed by atoms with van der Waals surface area (Å²) in [5.74, 6) is 2.24. The highest BCUT2D eigenvalue weighted by atomic mass is 79.9. The highest BCUT2D eigenvalue weighted by molar-refractivity contribution is 9.10. The zero-order valence-corrected chi connectivity index (χ0v) is 13.5. The molecule has 0 aromatic heterocycles. The number of aliphatic imine (C=N–C) groups is 2. The maximum Gasteiger partial charge on any atom is 0.198 e. The number of rotatable bonds is 2. The van der Waals surface area contributed by atoms with E-state index in [1.54, 1.807) is 0 Å². The van der Waals surface area contributed by atoms with Gasteiger partial charge in [0.15, 0.2) is 5.96 Å². The normalized spacial score (nSPS) is 28.7. The minimum atomic E-state index is -0.355. The molecule has 3 aliphatic rings. The fourth-order valence-corrected chi connectivity index (χ4v) is 4.10. The molecule has 1 unspecified atom stereocenters. The summed E-state index contributed by atoms with van der Waals surface area (Å²) < 4.78 is 1.09. The van der Waals surface area contributed by atoms with Gasteiger partial charge in [-0.3, -0.25) is 9.89 Å².